The van der Waals surface area contributed by atoms with Crippen LogP contribution in [0.25, 0.3) is 39.0 Å². The lowest BCUT2D eigenvalue weighted by atomic mass is 9.82. The Balaban J connectivity index is 0.984. The van der Waals surface area contributed by atoms with Crippen LogP contribution in [0.5, 0.6) is 5.75 Å². The Kier molecular flexibility index (Phi) is 11.6. The van der Waals surface area contributed by atoms with Gasteiger partial charge < -0.3 is 34.4 Å². The third-order valence-electron chi connectivity index (χ3n) is 13.1. The molecule has 1 amide bonds. The number of amides is 1. The molecule has 3 saturated heterocycles. The molecule has 3 aliphatic heterocycles. The number of hydrogen-bond acceptors (Lipinski definition) is 6. The topological polar surface area (TPSA) is 123 Å². The van der Waals surface area contributed by atoms with Gasteiger partial charge >= 0.3 is 6.09 Å². The van der Waals surface area contributed by atoms with E-state index in [4.69, 9.17) is 4.43 Å². The van der Waals surface area contributed by atoms with E-state index in [-0.39, 0.29) is 28.5 Å². The van der Waals surface area contributed by atoms with Crippen molar-refractivity contribution in [3.8, 4) is 16.9 Å². The molecule has 11 heteroatoms. The van der Waals surface area contributed by atoms with Crippen LogP contribution in [0.2, 0.25) is 18.1 Å². The van der Waals surface area contributed by atoms with E-state index in [1.807, 2.05) is 30.3 Å². The quantitative estimate of drug-likeness (QED) is 0.0856. The van der Waals surface area contributed by atoms with Crippen LogP contribution in [-0.4, -0.2) is 71.3 Å². The van der Waals surface area contributed by atoms with Gasteiger partial charge in [0.25, 0.3) is 0 Å². The molecule has 3 fully saturated rings. The van der Waals surface area contributed by atoms with E-state index >= 15 is 0 Å². The molecule has 0 spiro atoms. The van der Waals surface area contributed by atoms with Crippen LogP contribution in [-0.2, 0) is 17.5 Å². The van der Waals surface area contributed by atoms with Gasteiger partial charge in [0.2, 0.25) is 5.56 Å². The molecule has 0 radical (unpaired) electrons. The molecule has 2 bridgehead atoms. The first-order valence-corrected chi connectivity index (χ1v) is 24.1. The Bertz CT molecular complexity index is 2590. The zero-order chi connectivity index (χ0) is 42.2. The van der Waals surface area contributed by atoms with Crippen molar-refractivity contribution in [2.75, 3.05) is 31.1 Å². The fraction of sp³-hybridized carbons (Fsp3) is 0.347. The molecule has 2 aromatic heterocycles. The van der Waals surface area contributed by atoms with Gasteiger partial charge in [-0.3, -0.25) is 9.69 Å². The number of aromatic nitrogens is 2. The summed E-state index contributed by atoms with van der Waals surface area (Å²) in [5.74, 6) is 0.403. The Morgan fingerprint density at radius 1 is 1.00 bits per heavy atom. The SMILES string of the molecule is CC(C)(C)[Si](C)(C)O[C@@H](CNCc1ccc2c(ccn2CC=Cc2ccc(-c3ccccc3)c(N(C(=O)O)[C@H]3CN4CCC3CC4)c2)c1)c1ccc(O)c2[nH]c(=O)ccc12. The van der Waals surface area contributed by atoms with Crippen molar-refractivity contribution in [1.82, 2.24) is 19.8 Å². The first-order chi connectivity index (χ1) is 28.8. The Morgan fingerprint density at radius 3 is 2.50 bits per heavy atom. The van der Waals surface area contributed by atoms with Crippen molar-refractivity contribution >= 4 is 48.0 Å². The number of fused-ring (bicyclic) bond motifs is 5. The predicted molar refractivity (Wildman–Crippen MR) is 245 cm³/mol. The van der Waals surface area contributed by atoms with Gasteiger partial charge in [0.1, 0.15) is 5.75 Å². The molecule has 3 aliphatic rings. The summed E-state index contributed by atoms with van der Waals surface area (Å²) in [6, 6.07) is 31.7. The highest BCUT2D eigenvalue weighted by molar-refractivity contribution is 6.74. The van der Waals surface area contributed by atoms with Crippen molar-refractivity contribution in [2.24, 2.45) is 5.92 Å². The van der Waals surface area contributed by atoms with Gasteiger partial charge in [-0.05, 0) is 114 Å². The molecular formula is C49H57N5O5Si. The van der Waals surface area contributed by atoms with E-state index in [2.05, 4.69) is 121 Å². The first kappa shape index (κ1) is 41.3. The lowest BCUT2D eigenvalue weighted by molar-refractivity contribution is 0.0838. The molecule has 0 saturated carbocycles. The Hall–Kier alpha value is -5.46. The molecule has 4 N–H and O–H groups in total. The minimum atomic E-state index is -2.21. The fourth-order valence-electron chi connectivity index (χ4n) is 8.82. The molecule has 6 aromatic rings. The third-order valence-corrected chi connectivity index (χ3v) is 17.6. The van der Waals surface area contributed by atoms with Crippen molar-refractivity contribution in [1.29, 1.82) is 0 Å². The summed E-state index contributed by atoms with van der Waals surface area (Å²) in [7, 11) is -2.21. The van der Waals surface area contributed by atoms with Gasteiger partial charge in [-0.2, -0.15) is 0 Å². The van der Waals surface area contributed by atoms with Gasteiger partial charge in [-0.15, -0.1) is 0 Å². The molecule has 312 valence electrons. The van der Waals surface area contributed by atoms with E-state index < -0.39 is 14.4 Å². The number of rotatable bonds is 13. The molecule has 4 aromatic carbocycles. The highest BCUT2D eigenvalue weighted by Gasteiger charge is 2.41. The monoisotopic (exact) mass is 823 g/mol. The molecule has 0 unspecified atom stereocenters. The lowest BCUT2D eigenvalue weighted by Gasteiger charge is -2.48. The maximum absolute atomic E-state index is 13.0. The maximum Gasteiger partial charge on any atom is 0.412 e. The van der Waals surface area contributed by atoms with Crippen molar-refractivity contribution < 1.29 is 19.4 Å². The number of pyridine rings is 1. The smallest absolute Gasteiger partial charge is 0.412 e. The number of piperidine rings is 3. The number of carboxylic acid groups (broad SMARTS) is 1. The highest BCUT2D eigenvalue weighted by atomic mass is 28.4. The Morgan fingerprint density at radius 2 is 1.78 bits per heavy atom. The summed E-state index contributed by atoms with van der Waals surface area (Å²) >= 11 is 0. The molecule has 9 rings (SSSR count). The second-order valence-corrected chi connectivity index (χ2v) is 22.8. The number of allylic oxidation sites excluding steroid dienone is 1. The number of aromatic amines is 1. The van der Waals surface area contributed by atoms with Crippen LogP contribution in [0.4, 0.5) is 10.5 Å². The largest absolute Gasteiger partial charge is 0.506 e. The van der Waals surface area contributed by atoms with Gasteiger partial charge in [0.05, 0.1) is 23.3 Å². The zero-order valence-electron chi connectivity index (χ0n) is 35.3. The summed E-state index contributed by atoms with van der Waals surface area (Å²) in [4.78, 5) is 32.1. The molecule has 5 heterocycles. The number of nitrogens with zero attached hydrogens (tertiary/aromatic N) is 3. The zero-order valence-corrected chi connectivity index (χ0v) is 36.3. The van der Waals surface area contributed by atoms with E-state index in [1.165, 1.54) is 6.07 Å². The van der Waals surface area contributed by atoms with E-state index in [0.29, 0.717) is 31.1 Å². The average Bonchev–Trinajstić information content (AvgIpc) is 3.63. The number of carbonyl (C=O) groups is 1. The Labute approximate surface area is 353 Å². The number of nitrogens with one attached hydrogen (secondary N) is 2. The third kappa shape index (κ3) is 8.58. The fourth-order valence-corrected chi connectivity index (χ4v) is 10.1. The van der Waals surface area contributed by atoms with Gasteiger partial charge in [0, 0.05) is 54.9 Å². The maximum atomic E-state index is 13.0. The summed E-state index contributed by atoms with van der Waals surface area (Å²) in [6.45, 7) is 15.9. The minimum absolute atomic E-state index is 0.00989. The normalized spacial score (nSPS) is 18.7. The van der Waals surface area contributed by atoms with E-state index in [9.17, 15) is 19.8 Å². The highest BCUT2D eigenvalue weighted by Crippen LogP contribution is 2.42. The number of aromatic hydroxyl groups is 1. The molecule has 10 nitrogen and oxygen atoms in total. The van der Waals surface area contributed by atoms with E-state index in [1.54, 1.807) is 17.0 Å². The van der Waals surface area contributed by atoms with Crippen molar-refractivity contribution in [3.63, 3.8) is 0 Å². The molecule has 60 heavy (non-hydrogen) atoms. The summed E-state index contributed by atoms with van der Waals surface area (Å²) < 4.78 is 9.23. The van der Waals surface area contributed by atoms with Crippen LogP contribution in [0, 0.1) is 5.92 Å². The summed E-state index contributed by atoms with van der Waals surface area (Å²) in [6.07, 6.45) is 7.22. The lowest BCUT2D eigenvalue weighted by Crippen LogP contribution is -2.59. The van der Waals surface area contributed by atoms with Crippen LogP contribution in [0.1, 0.15) is 56.4 Å². The number of phenolic OH excluding ortho intramolecular Hbond substituents is 1. The average molecular weight is 824 g/mol. The number of phenols is 1. The number of hydrogen-bond donors (Lipinski definition) is 4. The number of benzene rings is 4. The van der Waals surface area contributed by atoms with Crippen molar-refractivity contribution in [2.45, 2.75) is 77.0 Å². The second-order valence-electron chi connectivity index (χ2n) is 18.0. The molecular weight excluding hydrogens is 767 g/mol. The van der Waals surface area contributed by atoms with E-state index in [0.717, 1.165) is 82.3 Å². The second kappa shape index (κ2) is 16.9. The molecule has 2 atom stereocenters. The molecule has 0 aliphatic carbocycles. The van der Waals surface area contributed by atoms with Gasteiger partial charge in [-0.1, -0.05) is 87.5 Å². The summed E-state index contributed by atoms with van der Waals surface area (Å²) in [5, 5.41) is 26.8. The van der Waals surface area contributed by atoms with Gasteiger partial charge in [-0.25, -0.2) is 4.79 Å². The summed E-state index contributed by atoms with van der Waals surface area (Å²) in [5.41, 5.74) is 7.01. The van der Waals surface area contributed by atoms with Crippen LogP contribution in [0.15, 0.2) is 114 Å². The predicted octanol–water partition coefficient (Wildman–Crippen LogP) is 10.0. The first-order valence-electron chi connectivity index (χ1n) is 21.2. The van der Waals surface area contributed by atoms with Crippen LogP contribution >= 0.6 is 0 Å². The van der Waals surface area contributed by atoms with Gasteiger partial charge in [0.15, 0.2) is 8.32 Å². The van der Waals surface area contributed by atoms with Crippen molar-refractivity contribution in [3.05, 3.63) is 136 Å². The number of anilines is 1. The minimum Gasteiger partial charge on any atom is -0.506 e. The standard InChI is InChI=1S/C49H57N5O5Si/c1-49(2,3)60(4,5)59-45(39-16-19-44(55)47-40(39)17-20-46(56)51-47)31-50-30-34-14-18-41-37(28-34)23-27-53(41)24-9-10-33-13-15-38(35-11-7-6-8-12-35)42(29-33)54(48(57)58)43-32-52-25-21-36(43)22-26-52/h6-20,23,27-29,36,43,45,50,55H,21-22,24-26,30-32H2,1-5H3,(H,51,56)(H,57,58)/t43-,45-/m0/s1. The van der Waals surface area contributed by atoms with Crippen LogP contribution in [0.3, 0.4) is 0 Å². The van der Waals surface area contributed by atoms with Crippen LogP contribution < -0.4 is 15.8 Å². The number of H-pyrrole nitrogens is 1.